The Morgan fingerprint density at radius 2 is 2.36 bits per heavy atom. The largest absolute Gasteiger partial charge is 0.383 e. The van der Waals surface area contributed by atoms with Gasteiger partial charge >= 0.3 is 0 Å². The van der Waals surface area contributed by atoms with Crippen LogP contribution >= 0.6 is 11.3 Å². The molecule has 0 saturated carbocycles. The molecular weight excluding hydrogens is 303 g/mol. The molecule has 0 amide bonds. The van der Waals surface area contributed by atoms with Gasteiger partial charge in [-0.25, -0.2) is 9.37 Å². The summed E-state index contributed by atoms with van der Waals surface area (Å²) in [7, 11) is 0. The predicted molar refractivity (Wildman–Crippen MR) is 88.7 cm³/mol. The summed E-state index contributed by atoms with van der Waals surface area (Å²) in [6.45, 7) is 4.38. The van der Waals surface area contributed by atoms with Gasteiger partial charge in [-0.15, -0.1) is 11.3 Å². The zero-order chi connectivity index (χ0) is 15.9. The Kier molecular flexibility index (Phi) is 5.85. The minimum absolute atomic E-state index is 0.129. The van der Waals surface area contributed by atoms with Crippen LogP contribution in [0.3, 0.4) is 0 Å². The Hall–Kier alpha value is -1.99. The SMILES string of the molecule is CCC(C)OCc1cc(F)ccc1C=NNc1nc(N)cs1. The van der Waals surface area contributed by atoms with E-state index < -0.39 is 0 Å². The van der Waals surface area contributed by atoms with Gasteiger partial charge in [0.1, 0.15) is 11.6 Å². The fraction of sp³-hybridized carbons (Fsp3) is 0.333. The molecule has 0 saturated heterocycles. The van der Waals surface area contributed by atoms with E-state index in [4.69, 9.17) is 10.5 Å². The lowest BCUT2D eigenvalue weighted by Gasteiger charge is -2.12. The van der Waals surface area contributed by atoms with Crippen LogP contribution in [0.5, 0.6) is 0 Å². The Balaban J connectivity index is 2.05. The monoisotopic (exact) mass is 322 g/mol. The Morgan fingerprint density at radius 3 is 3.05 bits per heavy atom. The molecule has 0 radical (unpaired) electrons. The molecule has 22 heavy (non-hydrogen) atoms. The first-order valence-corrected chi connectivity index (χ1v) is 7.86. The molecule has 0 aliphatic carbocycles. The molecule has 0 bridgehead atoms. The first-order valence-electron chi connectivity index (χ1n) is 6.98. The molecule has 1 heterocycles. The van der Waals surface area contributed by atoms with E-state index in [1.165, 1.54) is 23.5 Å². The minimum atomic E-state index is -0.291. The van der Waals surface area contributed by atoms with Gasteiger partial charge in [0, 0.05) is 10.9 Å². The van der Waals surface area contributed by atoms with E-state index in [-0.39, 0.29) is 11.9 Å². The van der Waals surface area contributed by atoms with E-state index in [1.54, 1.807) is 17.7 Å². The molecule has 1 aromatic carbocycles. The number of halogens is 1. The van der Waals surface area contributed by atoms with Gasteiger partial charge in [-0.2, -0.15) is 5.10 Å². The lowest BCUT2D eigenvalue weighted by molar-refractivity contribution is 0.0506. The number of nitrogen functional groups attached to an aromatic ring is 1. The molecule has 2 aromatic rings. The average Bonchev–Trinajstić information content (AvgIpc) is 2.92. The summed E-state index contributed by atoms with van der Waals surface area (Å²) in [4.78, 5) is 4.04. The van der Waals surface area contributed by atoms with Gasteiger partial charge in [0.2, 0.25) is 5.13 Å². The topological polar surface area (TPSA) is 72.5 Å². The number of anilines is 2. The summed E-state index contributed by atoms with van der Waals surface area (Å²) >= 11 is 1.36. The summed E-state index contributed by atoms with van der Waals surface area (Å²) < 4.78 is 19.1. The smallest absolute Gasteiger partial charge is 0.205 e. The van der Waals surface area contributed by atoms with Crippen molar-refractivity contribution in [2.45, 2.75) is 33.0 Å². The molecule has 3 N–H and O–H groups in total. The van der Waals surface area contributed by atoms with Gasteiger partial charge in [0.05, 0.1) is 18.9 Å². The second-order valence-electron chi connectivity index (χ2n) is 4.82. The number of ether oxygens (including phenoxy) is 1. The van der Waals surface area contributed by atoms with E-state index in [0.29, 0.717) is 17.6 Å². The van der Waals surface area contributed by atoms with Gasteiger partial charge in [-0.1, -0.05) is 13.0 Å². The fourth-order valence-electron chi connectivity index (χ4n) is 1.67. The summed E-state index contributed by atoms with van der Waals surface area (Å²) in [6.07, 6.45) is 2.66. The van der Waals surface area contributed by atoms with Crippen LogP contribution in [0.25, 0.3) is 0 Å². The first kappa shape index (κ1) is 16.4. The van der Waals surface area contributed by atoms with Crippen LogP contribution < -0.4 is 11.2 Å². The summed E-state index contributed by atoms with van der Waals surface area (Å²) in [5, 5.41) is 6.43. The highest BCUT2D eigenvalue weighted by atomic mass is 32.1. The second-order valence-corrected chi connectivity index (χ2v) is 5.68. The third kappa shape index (κ3) is 4.78. The lowest BCUT2D eigenvalue weighted by Crippen LogP contribution is -2.08. The van der Waals surface area contributed by atoms with E-state index in [2.05, 4.69) is 15.5 Å². The number of nitrogens with two attached hydrogens (primary N) is 1. The van der Waals surface area contributed by atoms with Crippen molar-refractivity contribution < 1.29 is 9.13 Å². The Bertz CT molecular complexity index is 644. The van der Waals surface area contributed by atoms with Gasteiger partial charge in [-0.05, 0) is 31.0 Å². The second kappa shape index (κ2) is 7.86. The zero-order valence-corrected chi connectivity index (χ0v) is 13.4. The molecule has 1 unspecified atom stereocenters. The maximum absolute atomic E-state index is 13.4. The lowest BCUT2D eigenvalue weighted by atomic mass is 10.1. The van der Waals surface area contributed by atoms with Crippen LogP contribution in [-0.2, 0) is 11.3 Å². The summed E-state index contributed by atoms with van der Waals surface area (Å²) in [6, 6.07) is 4.53. The molecule has 1 aromatic heterocycles. The third-order valence-corrected chi connectivity index (χ3v) is 3.85. The number of nitrogens with one attached hydrogen (secondary N) is 1. The van der Waals surface area contributed by atoms with Gasteiger partial charge in [-0.3, -0.25) is 5.43 Å². The minimum Gasteiger partial charge on any atom is -0.383 e. The van der Waals surface area contributed by atoms with Crippen LogP contribution in [0.15, 0.2) is 28.7 Å². The maximum atomic E-state index is 13.4. The van der Waals surface area contributed by atoms with Crippen molar-refractivity contribution in [1.29, 1.82) is 0 Å². The van der Waals surface area contributed by atoms with Crippen molar-refractivity contribution in [3.63, 3.8) is 0 Å². The van der Waals surface area contributed by atoms with E-state index in [1.807, 2.05) is 13.8 Å². The molecule has 0 aliphatic rings. The van der Waals surface area contributed by atoms with Crippen LogP contribution in [-0.4, -0.2) is 17.3 Å². The number of aromatic nitrogens is 1. The van der Waals surface area contributed by atoms with Crippen LogP contribution in [0.1, 0.15) is 31.4 Å². The molecule has 118 valence electrons. The fourth-order valence-corrected chi connectivity index (χ4v) is 2.22. The van der Waals surface area contributed by atoms with Crippen LogP contribution in [0.4, 0.5) is 15.3 Å². The van der Waals surface area contributed by atoms with Crippen molar-refractivity contribution >= 4 is 28.5 Å². The molecule has 1 atom stereocenters. The number of hydrazone groups is 1. The van der Waals surface area contributed by atoms with Crippen LogP contribution in [0, 0.1) is 5.82 Å². The number of hydrogen-bond acceptors (Lipinski definition) is 6. The Labute approximate surface area is 133 Å². The quantitative estimate of drug-likeness (QED) is 0.603. The Morgan fingerprint density at radius 1 is 1.55 bits per heavy atom. The van der Waals surface area contributed by atoms with Crippen LogP contribution in [0.2, 0.25) is 0 Å². The molecule has 5 nitrogen and oxygen atoms in total. The zero-order valence-electron chi connectivity index (χ0n) is 12.5. The van der Waals surface area contributed by atoms with E-state index >= 15 is 0 Å². The van der Waals surface area contributed by atoms with Crippen molar-refractivity contribution in [2.75, 3.05) is 11.2 Å². The molecule has 0 spiro atoms. The van der Waals surface area contributed by atoms with Gasteiger partial charge < -0.3 is 10.5 Å². The number of nitrogens with zero attached hydrogens (tertiary/aromatic N) is 2. The molecule has 0 fully saturated rings. The van der Waals surface area contributed by atoms with E-state index in [0.717, 1.165) is 17.5 Å². The van der Waals surface area contributed by atoms with Crippen molar-refractivity contribution in [2.24, 2.45) is 5.10 Å². The number of rotatable bonds is 7. The highest BCUT2D eigenvalue weighted by Crippen LogP contribution is 2.17. The first-order chi connectivity index (χ1) is 10.6. The molecular formula is C15H19FN4OS. The average molecular weight is 322 g/mol. The standard InChI is InChI=1S/C15H19FN4OS/c1-3-10(2)21-8-12-6-13(16)5-4-11(12)7-18-20-15-19-14(17)9-22-15/h4-7,9-10H,3,8,17H2,1-2H3,(H,19,20). The number of thiazole rings is 1. The highest BCUT2D eigenvalue weighted by Gasteiger charge is 2.06. The van der Waals surface area contributed by atoms with Crippen molar-refractivity contribution in [3.8, 4) is 0 Å². The summed E-state index contributed by atoms with van der Waals surface area (Å²) in [5.74, 6) is 0.160. The van der Waals surface area contributed by atoms with Crippen molar-refractivity contribution in [1.82, 2.24) is 4.98 Å². The van der Waals surface area contributed by atoms with Gasteiger partial charge in [0.25, 0.3) is 0 Å². The normalized spacial score (nSPS) is 12.7. The molecule has 2 rings (SSSR count). The third-order valence-electron chi connectivity index (χ3n) is 3.09. The highest BCUT2D eigenvalue weighted by molar-refractivity contribution is 7.14. The molecule has 7 heteroatoms. The number of hydrogen-bond donors (Lipinski definition) is 2. The predicted octanol–water partition coefficient (Wildman–Crippen LogP) is 3.63. The van der Waals surface area contributed by atoms with Crippen molar-refractivity contribution in [3.05, 3.63) is 40.5 Å². The van der Waals surface area contributed by atoms with Gasteiger partial charge in [0.15, 0.2) is 0 Å². The van der Waals surface area contributed by atoms with E-state index in [9.17, 15) is 4.39 Å². The maximum Gasteiger partial charge on any atom is 0.205 e. The molecule has 0 aliphatic heterocycles. The summed E-state index contributed by atoms with van der Waals surface area (Å²) in [5.41, 5.74) is 9.87. The number of benzene rings is 1.